The topological polar surface area (TPSA) is 70.7 Å². The molecule has 0 bridgehead atoms. The van der Waals surface area contributed by atoms with Gasteiger partial charge in [-0.2, -0.15) is 0 Å². The minimum atomic E-state index is -0.866. The van der Waals surface area contributed by atoms with E-state index < -0.39 is 17.5 Å². The minimum absolute atomic E-state index is 0.0456. The molecule has 0 atom stereocenters. The third-order valence-electron chi connectivity index (χ3n) is 4.43. The van der Waals surface area contributed by atoms with Crippen molar-refractivity contribution in [1.82, 2.24) is 4.90 Å². The van der Waals surface area contributed by atoms with Crippen LogP contribution < -0.4 is 10.6 Å². The molecule has 6 nitrogen and oxygen atoms in total. The summed E-state index contributed by atoms with van der Waals surface area (Å²) in [5.41, 5.74) is 2.61. The van der Waals surface area contributed by atoms with E-state index in [2.05, 4.69) is 10.6 Å². The predicted molar refractivity (Wildman–Crippen MR) is 108 cm³/mol. The number of carbonyl (C=O) groups is 2. The summed E-state index contributed by atoms with van der Waals surface area (Å²) in [4.78, 5) is 26.3. The molecule has 0 saturated carbocycles. The normalized spacial score (nSPS) is 10.8. The molecule has 2 rings (SSSR count). The Bertz CT molecular complexity index is 874. The van der Waals surface area contributed by atoms with E-state index in [0.29, 0.717) is 24.9 Å². The van der Waals surface area contributed by atoms with Crippen molar-refractivity contribution in [3.05, 3.63) is 59.2 Å². The number of benzene rings is 2. The number of halogens is 2. The Morgan fingerprint density at radius 1 is 1.00 bits per heavy atom. The Morgan fingerprint density at radius 3 is 2.28 bits per heavy atom. The van der Waals surface area contributed by atoms with Gasteiger partial charge in [-0.25, -0.2) is 8.78 Å². The van der Waals surface area contributed by atoms with Crippen molar-refractivity contribution < 1.29 is 23.1 Å². The molecule has 0 heterocycles. The van der Waals surface area contributed by atoms with E-state index in [1.54, 1.807) is 4.90 Å². The zero-order valence-corrected chi connectivity index (χ0v) is 16.7. The smallest absolute Gasteiger partial charge is 0.238 e. The number of hydrogen-bond acceptors (Lipinski definition) is 4. The molecule has 2 amide bonds. The average Bonchev–Trinajstić information content (AvgIpc) is 2.65. The van der Waals surface area contributed by atoms with Gasteiger partial charge in [0.25, 0.3) is 0 Å². The van der Waals surface area contributed by atoms with Gasteiger partial charge in [-0.1, -0.05) is 12.1 Å². The van der Waals surface area contributed by atoms with Crippen molar-refractivity contribution in [2.45, 2.75) is 13.8 Å². The van der Waals surface area contributed by atoms with Crippen molar-refractivity contribution >= 4 is 23.2 Å². The average molecular weight is 405 g/mol. The zero-order valence-electron chi connectivity index (χ0n) is 16.7. The molecule has 0 aliphatic carbocycles. The molecular formula is C21H25F2N3O3. The Morgan fingerprint density at radius 2 is 1.66 bits per heavy atom. The van der Waals surface area contributed by atoms with Crippen LogP contribution in [0.3, 0.4) is 0 Å². The van der Waals surface area contributed by atoms with Crippen LogP contribution in [0.25, 0.3) is 0 Å². The lowest BCUT2D eigenvalue weighted by Crippen LogP contribution is -2.40. The van der Waals surface area contributed by atoms with Crippen molar-refractivity contribution in [2.75, 3.05) is 44.0 Å². The van der Waals surface area contributed by atoms with Gasteiger partial charge in [0.15, 0.2) is 0 Å². The van der Waals surface area contributed by atoms with Crippen molar-refractivity contribution in [3.8, 4) is 0 Å². The van der Waals surface area contributed by atoms with E-state index in [9.17, 15) is 18.4 Å². The molecule has 2 aromatic rings. The highest BCUT2D eigenvalue weighted by molar-refractivity contribution is 5.95. The van der Waals surface area contributed by atoms with Crippen LogP contribution in [0.5, 0.6) is 0 Å². The first-order valence-electron chi connectivity index (χ1n) is 9.12. The van der Waals surface area contributed by atoms with Crippen molar-refractivity contribution in [1.29, 1.82) is 0 Å². The molecule has 8 heteroatoms. The summed E-state index contributed by atoms with van der Waals surface area (Å²) in [6, 6.07) is 8.51. The predicted octanol–water partition coefficient (Wildman–Crippen LogP) is 3.11. The lowest BCUT2D eigenvalue weighted by Gasteiger charge is -2.21. The van der Waals surface area contributed by atoms with E-state index in [-0.39, 0.29) is 24.7 Å². The van der Waals surface area contributed by atoms with Gasteiger partial charge in [0.05, 0.1) is 25.4 Å². The zero-order chi connectivity index (χ0) is 21.4. The van der Waals surface area contributed by atoms with Gasteiger partial charge < -0.3 is 15.4 Å². The number of rotatable bonds is 9. The Labute approximate surface area is 168 Å². The maximum atomic E-state index is 13.7. The highest BCUT2D eigenvalue weighted by Gasteiger charge is 2.17. The fourth-order valence-corrected chi connectivity index (χ4v) is 2.70. The number of nitrogens with one attached hydrogen (secondary N) is 2. The molecule has 0 aromatic heterocycles. The number of hydrogen-bond donors (Lipinski definition) is 2. The van der Waals surface area contributed by atoms with Crippen LogP contribution in [0.1, 0.15) is 11.1 Å². The van der Waals surface area contributed by atoms with E-state index >= 15 is 0 Å². The van der Waals surface area contributed by atoms with Crippen LogP contribution in [0.15, 0.2) is 36.4 Å². The maximum absolute atomic E-state index is 13.7. The summed E-state index contributed by atoms with van der Waals surface area (Å²) in [7, 11) is 1.52. The largest absolute Gasteiger partial charge is 0.383 e. The van der Waals surface area contributed by atoms with Gasteiger partial charge in [-0.05, 0) is 43.2 Å². The van der Waals surface area contributed by atoms with Gasteiger partial charge in [0.1, 0.15) is 11.6 Å². The molecule has 0 radical (unpaired) electrons. The van der Waals surface area contributed by atoms with Crippen LogP contribution in [0.2, 0.25) is 0 Å². The molecule has 0 spiro atoms. The molecule has 2 aromatic carbocycles. The highest BCUT2D eigenvalue weighted by atomic mass is 19.1. The summed E-state index contributed by atoms with van der Waals surface area (Å²) < 4.78 is 31.7. The molecule has 0 unspecified atom stereocenters. The summed E-state index contributed by atoms with van der Waals surface area (Å²) in [6.07, 6.45) is 0. The van der Waals surface area contributed by atoms with Gasteiger partial charge in [-0.15, -0.1) is 0 Å². The van der Waals surface area contributed by atoms with Crippen molar-refractivity contribution in [3.63, 3.8) is 0 Å². The summed E-state index contributed by atoms with van der Waals surface area (Å²) in [6.45, 7) is 4.31. The second-order valence-electron chi connectivity index (χ2n) is 6.67. The second kappa shape index (κ2) is 10.6. The van der Waals surface area contributed by atoms with Gasteiger partial charge in [-0.3, -0.25) is 14.5 Å². The molecular weight excluding hydrogens is 380 g/mol. The fourth-order valence-electron chi connectivity index (χ4n) is 2.70. The van der Waals surface area contributed by atoms with Crippen LogP contribution in [-0.4, -0.2) is 50.1 Å². The highest BCUT2D eigenvalue weighted by Crippen LogP contribution is 2.18. The van der Waals surface area contributed by atoms with Gasteiger partial charge >= 0.3 is 0 Å². The molecule has 0 saturated heterocycles. The minimum Gasteiger partial charge on any atom is -0.383 e. The molecule has 156 valence electrons. The van der Waals surface area contributed by atoms with Crippen LogP contribution in [-0.2, 0) is 14.3 Å². The number of methoxy groups -OCH3 is 1. The van der Waals surface area contributed by atoms with E-state index in [4.69, 9.17) is 4.74 Å². The Balaban J connectivity index is 1.99. The van der Waals surface area contributed by atoms with Gasteiger partial charge in [0, 0.05) is 25.4 Å². The molecule has 0 aliphatic rings. The number of carbonyl (C=O) groups excluding carboxylic acids is 2. The second-order valence-corrected chi connectivity index (χ2v) is 6.67. The van der Waals surface area contributed by atoms with Crippen LogP contribution in [0, 0.1) is 25.5 Å². The molecule has 2 N–H and O–H groups in total. The van der Waals surface area contributed by atoms with Crippen LogP contribution >= 0.6 is 0 Å². The van der Waals surface area contributed by atoms with Crippen molar-refractivity contribution in [2.24, 2.45) is 0 Å². The standard InChI is InChI=1S/C21H25F2N3O3/c1-14-5-4-6-18(15(14)2)24-20(27)12-26(9-10-29-3)13-21(28)25-19-8-7-16(22)11-17(19)23/h4-8,11H,9-10,12-13H2,1-3H3,(H,24,27)(H,25,28). The SMILES string of the molecule is COCCN(CC(=O)Nc1ccc(F)cc1F)CC(=O)Nc1cccc(C)c1C. The lowest BCUT2D eigenvalue weighted by molar-refractivity contribution is -0.120. The summed E-state index contributed by atoms with van der Waals surface area (Å²) in [5, 5.41) is 5.23. The van der Waals surface area contributed by atoms with E-state index in [0.717, 1.165) is 23.3 Å². The third kappa shape index (κ3) is 6.92. The molecule has 29 heavy (non-hydrogen) atoms. The number of ether oxygens (including phenoxy) is 1. The monoisotopic (exact) mass is 405 g/mol. The maximum Gasteiger partial charge on any atom is 0.238 e. The van der Waals surface area contributed by atoms with Crippen LogP contribution in [0.4, 0.5) is 20.2 Å². The summed E-state index contributed by atoms with van der Waals surface area (Å²) in [5.74, 6) is -2.40. The summed E-state index contributed by atoms with van der Waals surface area (Å²) >= 11 is 0. The number of aryl methyl sites for hydroxylation is 1. The molecule has 0 fully saturated rings. The van der Waals surface area contributed by atoms with E-state index in [1.807, 2.05) is 32.0 Å². The first-order chi connectivity index (χ1) is 13.8. The van der Waals surface area contributed by atoms with E-state index in [1.165, 1.54) is 7.11 Å². The Hall–Kier alpha value is -2.84. The van der Waals surface area contributed by atoms with Gasteiger partial charge in [0.2, 0.25) is 11.8 Å². The first-order valence-corrected chi connectivity index (χ1v) is 9.12. The third-order valence-corrected chi connectivity index (χ3v) is 4.43. The number of amides is 2. The molecule has 0 aliphatic heterocycles. The number of nitrogens with zero attached hydrogens (tertiary/aromatic N) is 1. The Kier molecular flexibility index (Phi) is 8.23. The fraction of sp³-hybridized carbons (Fsp3) is 0.333. The number of anilines is 2. The first kappa shape index (κ1) is 22.4. The lowest BCUT2D eigenvalue weighted by atomic mass is 10.1. The quantitative estimate of drug-likeness (QED) is 0.673.